The maximum absolute atomic E-state index is 13.5. The Morgan fingerprint density at radius 2 is 1.69 bits per heavy atom. The van der Waals surface area contributed by atoms with Crippen LogP contribution in [0.15, 0.2) is 71.6 Å². The Hall–Kier alpha value is -3.40. The van der Waals surface area contributed by atoms with Crippen LogP contribution in [0.4, 0.5) is 11.4 Å². The molecule has 3 aromatic rings. The molecule has 0 unspecified atom stereocenters. The molecule has 2 aliphatic heterocycles. The molecule has 39 heavy (non-hydrogen) atoms. The van der Waals surface area contributed by atoms with Gasteiger partial charge in [0.1, 0.15) is 0 Å². The molecule has 0 atom stereocenters. The smallest absolute Gasteiger partial charge is 0.261 e. The Balaban J connectivity index is 1.35. The van der Waals surface area contributed by atoms with Gasteiger partial charge in [-0.25, -0.2) is 8.42 Å². The summed E-state index contributed by atoms with van der Waals surface area (Å²) in [5, 5.41) is 3.06. The quantitative estimate of drug-likeness (QED) is 0.395. The number of amides is 1. The van der Waals surface area contributed by atoms with Crippen LogP contribution in [0, 0.1) is 6.92 Å². The van der Waals surface area contributed by atoms with Gasteiger partial charge in [0.05, 0.1) is 23.7 Å². The zero-order valence-electron chi connectivity index (χ0n) is 22.4. The van der Waals surface area contributed by atoms with E-state index >= 15 is 0 Å². The average molecular weight is 549 g/mol. The molecule has 9 heteroatoms. The van der Waals surface area contributed by atoms with E-state index in [-0.39, 0.29) is 10.8 Å². The summed E-state index contributed by atoms with van der Waals surface area (Å²) in [5.41, 5.74) is 5.16. The lowest BCUT2D eigenvalue weighted by Gasteiger charge is -2.32. The summed E-state index contributed by atoms with van der Waals surface area (Å²) in [6, 6.07) is 20.3. The number of carbonyl (C=O) groups is 1. The second-order valence-electron chi connectivity index (χ2n) is 10.2. The van der Waals surface area contributed by atoms with E-state index in [2.05, 4.69) is 38.0 Å². The molecule has 1 amide bonds. The number of rotatable bonds is 9. The van der Waals surface area contributed by atoms with E-state index in [9.17, 15) is 13.2 Å². The van der Waals surface area contributed by atoms with Gasteiger partial charge in [-0.05, 0) is 67.8 Å². The van der Waals surface area contributed by atoms with Crippen molar-refractivity contribution in [3.05, 3.63) is 89.0 Å². The lowest BCUT2D eigenvalue weighted by Crippen LogP contribution is -2.38. The number of nitrogens with zero attached hydrogens (tertiary/aromatic N) is 2. The molecular formula is C30H36N4O4S. The molecule has 0 aromatic heterocycles. The lowest BCUT2D eigenvalue weighted by atomic mass is 9.98. The van der Waals surface area contributed by atoms with Gasteiger partial charge >= 0.3 is 0 Å². The summed E-state index contributed by atoms with van der Waals surface area (Å²) in [6.07, 6.45) is 1.72. The third-order valence-corrected chi connectivity index (χ3v) is 8.73. The number of ether oxygens (including phenoxy) is 1. The SMILES string of the molecule is Cc1ccc(S(=O)(=O)Nc2ccc(N3CCc4ccccc4C3)c(C(=O)NCCCN3CCOCC3)c2)cc1. The Bertz CT molecular complexity index is 1400. The first kappa shape index (κ1) is 27.2. The monoisotopic (exact) mass is 548 g/mol. The molecule has 0 saturated carbocycles. The molecule has 1 saturated heterocycles. The molecule has 3 aromatic carbocycles. The van der Waals surface area contributed by atoms with Gasteiger partial charge in [0.25, 0.3) is 15.9 Å². The summed E-state index contributed by atoms with van der Waals surface area (Å²) in [7, 11) is -3.79. The Morgan fingerprint density at radius 3 is 2.46 bits per heavy atom. The summed E-state index contributed by atoms with van der Waals surface area (Å²) < 4.78 is 34.2. The van der Waals surface area contributed by atoms with Crippen LogP contribution in [-0.2, 0) is 27.7 Å². The largest absolute Gasteiger partial charge is 0.379 e. The predicted octanol–water partition coefficient (Wildman–Crippen LogP) is 3.81. The number of anilines is 2. The number of morpholine rings is 1. The lowest BCUT2D eigenvalue weighted by molar-refractivity contribution is 0.0374. The van der Waals surface area contributed by atoms with Gasteiger partial charge < -0.3 is 15.0 Å². The first-order valence-corrected chi connectivity index (χ1v) is 15.0. The minimum absolute atomic E-state index is 0.180. The van der Waals surface area contributed by atoms with Crippen molar-refractivity contribution in [1.82, 2.24) is 10.2 Å². The molecule has 0 radical (unpaired) electrons. The van der Waals surface area contributed by atoms with Crippen LogP contribution in [0.25, 0.3) is 0 Å². The van der Waals surface area contributed by atoms with Crippen LogP contribution in [0.2, 0.25) is 0 Å². The van der Waals surface area contributed by atoms with Crippen LogP contribution < -0.4 is 14.9 Å². The topological polar surface area (TPSA) is 91.0 Å². The number of hydrogen-bond acceptors (Lipinski definition) is 6. The average Bonchev–Trinajstić information content (AvgIpc) is 2.95. The van der Waals surface area contributed by atoms with Crippen LogP contribution in [-0.4, -0.2) is 65.2 Å². The highest BCUT2D eigenvalue weighted by Crippen LogP contribution is 2.30. The molecule has 2 aliphatic rings. The molecule has 2 N–H and O–H groups in total. The van der Waals surface area contributed by atoms with E-state index in [1.54, 1.807) is 36.4 Å². The number of benzene rings is 3. The molecule has 0 spiro atoms. The fraction of sp³-hybridized carbons (Fsp3) is 0.367. The van der Waals surface area contributed by atoms with Gasteiger partial charge in [0, 0.05) is 44.1 Å². The third kappa shape index (κ3) is 6.79. The highest BCUT2D eigenvalue weighted by molar-refractivity contribution is 7.92. The first-order valence-electron chi connectivity index (χ1n) is 13.5. The van der Waals surface area contributed by atoms with Gasteiger partial charge in [0.15, 0.2) is 0 Å². The number of sulfonamides is 1. The fourth-order valence-corrected chi connectivity index (χ4v) is 6.16. The first-order chi connectivity index (χ1) is 18.9. The normalized spacial score (nSPS) is 16.0. The molecule has 8 nitrogen and oxygen atoms in total. The second kappa shape index (κ2) is 12.2. The van der Waals surface area contributed by atoms with E-state index in [0.717, 1.165) is 63.5 Å². The van der Waals surface area contributed by atoms with E-state index in [4.69, 9.17) is 4.74 Å². The minimum Gasteiger partial charge on any atom is -0.379 e. The minimum atomic E-state index is -3.79. The standard InChI is InChI=1S/C30H36N4O4S/c1-23-7-10-27(11-8-23)39(36,37)32-26-9-12-29(34-16-13-24-5-2-3-6-25(24)22-34)28(21-26)30(35)31-14-4-15-33-17-19-38-20-18-33/h2-3,5-12,21,32H,4,13-20,22H2,1H3,(H,31,35). The molecule has 206 valence electrons. The molecule has 0 aliphatic carbocycles. The summed E-state index contributed by atoms with van der Waals surface area (Å²) in [4.78, 5) is 18.2. The third-order valence-electron chi connectivity index (χ3n) is 7.34. The van der Waals surface area contributed by atoms with Crippen molar-refractivity contribution in [3.8, 4) is 0 Å². The maximum atomic E-state index is 13.5. The van der Waals surface area contributed by atoms with Crippen molar-refractivity contribution >= 4 is 27.3 Å². The Kier molecular flexibility index (Phi) is 8.50. The number of hydrogen-bond donors (Lipinski definition) is 2. The van der Waals surface area contributed by atoms with Crippen molar-refractivity contribution in [1.29, 1.82) is 0 Å². The maximum Gasteiger partial charge on any atom is 0.261 e. The van der Waals surface area contributed by atoms with Crippen molar-refractivity contribution < 1.29 is 17.9 Å². The molecule has 0 bridgehead atoms. The Labute approximate surface area is 231 Å². The van der Waals surface area contributed by atoms with Crippen LogP contribution in [0.1, 0.15) is 33.5 Å². The van der Waals surface area contributed by atoms with Gasteiger partial charge in [0.2, 0.25) is 0 Å². The zero-order chi connectivity index (χ0) is 27.2. The van der Waals surface area contributed by atoms with Crippen LogP contribution in [0.5, 0.6) is 0 Å². The van der Waals surface area contributed by atoms with Gasteiger partial charge in [-0.2, -0.15) is 0 Å². The molecule has 2 heterocycles. The fourth-order valence-electron chi connectivity index (χ4n) is 5.11. The number of carbonyl (C=O) groups excluding carboxylic acids is 1. The second-order valence-corrected chi connectivity index (χ2v) is 11.8. The highest BCUT2D eigenvalue weighted by Gasteiger charge is 2.23. The summed E-state index contributed by atoms with van der Waals surface area (Å²) in [6.45, 7) is 8.15. The van der Waals surface area contributed by atoms with Crippen molar-refractivity contribution in [2.24, 2.45) is 0 Å². The van der Waals surface area contributed by atoms with E-state index in [0.29, 0.717) is 24.3 Å². The van der Waals surface area contributed by atoms with Crippen molar-refractivity contribution in [2.75, 3.05) is 55.6 Å². The van der Waals surface area contributed by atoms with Crippen LogP contribution in [0.3, 0.4) is 0 Å². The molecule has 5 rings (SSSR count). The number of aryl methyl sites for hydroxylation is 1. The summed E-state index contributed by atoms with van der Waals surface area (Å²) >= 11 is 0. The van der Waals surface area contributed by atoms with E-state index in [1.165, 1.54) is 11.1 Å². The van der Waals surface area contributed by atoms with Gasteiger partial charge in [-0.3, -0.25) is 14.4 Å². The number of nitrogens with one attached hydrogen (secondary N) is 2. The van der Waals surface area contributed by atoms with Crippen LogP contribution >= 0.6 is 0 Å². The molecule has 1 fully saturated rings. The summed E-state index contributed by atoms with van der Waals surface area (Å²) in [5.74, 6) is -0.206. The number of fused-ring (bicyclic) bond motifs is 1. The van der Waals surface area contributed by atoms with E-state index < -0.39 is 10.0 Å². The zero-order valence-corrected chi connectivity index (χ0v) is 23.2. The van der Waals surface area contributed by atoms with E-state index in [1.807, 2.05) is 19.1 Å². The Morgan fingerprint density at radius 1 is 0.949 bits per heavy atom. The highest BCUT2D eigenvalue weighted by atomic mass is 32.2. The van der Waals surface area contributed by atoms with Gasteiger partial charge in [-0.1, -0.05) is 42.0 Å². The predicted molar refractivity (Wildman–Crippen MR) is 154 cm³/mol. The van der Waals surface area contributed by atoms with Gasteiger partial charge in [-0.15, -0.1) is 0 Å². The molecular weight excluding hydrogens is 512 g/mol. The van der Waals surface area contributed by atoms with Crippen molar-refractivity contribution in [2.45, 2.75) is 31.2 Å². The van der Waals surface area contributed by atoms with Crippen molar-refractivity contribution in [3.63, 3.8) is 0 Å².